The number of rotatable bonds is 9. The molecule has 1 N–H and O–H groups in total. The highest BCUT2D eigenvalue weighted by atomic mass is 32.2. The highest BCUT2D eigenvalue weighted by molar-refractivity contribution is 7.99. The molecule has 0 radical (unpaired) electrons. The lowest BCUT2D eigenvalue weighted by Gasteiger charge is -2.13. The Kier molecular flexibility index (Phi) is 5.98. The van der Waals surface area contributed by atoms with Gasteiger partial charge in [-0.25, -0.2) is 0 Å². The van der Waals surface area contributed by atoms with Gasteiger partial charge in [-0.2, -0.15) is 0 Å². The highest BCUT2D eigenvalue weighted by Gasteiger charge is 2.29. The largest absolute Gasteiger partial charge is 0.496 e. The molecule has 1 atom stereocenters. The molecule has 2 aromatic rings. The van der Waals surface area contributed by atoms with Crippen LogP contribution in [-0.2, 0) is 11.3 Å². The Bertz CT molecular complexity index is 786. The van der Waals surface area contributed by atoms with Crippen LogP contribution in [-0.4, -0.2) is 39.6 Å². The lowest BCUT2D eigenvalue weighted by atomic mass is 10.2. The summed E-state index contributed by atoms with van der Waals surface area (Å²) in [6.45, 7) is 6.45. The van der Waals surface area contributed by atoms with Crippen LogP contribution in [0.3, 0.4) is 0 Å². The topological polar surface area (TPSA) is 69.0 Å². The molecule has 1 aliphatic rings. The van der Waals surface area contributed by atoms with Crippen LogP contribution >= 0.6 is 11.8 Å². The second kappa shape index (κ2) is 8.40. The minimum absolute atomic E-state index is 0.0291. The van der Waals surface area contributed by atoms with Gasteiger partial charge >= 0.3 is 0 Å². The van der Waals surface area contributed by atoms with Gasteiger partial charge in [0.05, 0.1) is 18.4 Å². The fourth-order valence-electron chi connectivity index (χ4n) is 2.86. The Labute approximate surface area is 158 Å². The third kappa shape index (κ3) is 4.27. The smallest absolute Gasteiger partial charge is 0.230 e. The van der Waals surface area contributed by atoms with Crippen LogP contribution in [0, 0.1) is 5.92 Å². The molecule has 0 aliphatic heterocycles. The van der Waals surface area contributed by atoms with Crippen molar-refractivity contribution in [2.45, 2.75) is 37.5 Å². The minimum Gasteiger partial charge on any atom is -0.496 e. The van der Waals surface area contributed by atoms with E-state index >= 15 is 0 Å². The molecular weight excluding hydrogens is 348 g/mol. The van der Waals surface area contributed by atoms with Crippen LogP contribution in [0.15, 0.2) is 42.1 Å². The number of thioether (sulfide) groups is 1. The summed E-state index contributed by atoms with van der Waals surface area (Å²) >= 11 is 1.39. The molecule has 1 aromatic carbocycles. The van der Waals surface area contributed by atoms with E-state index in [2.05, 4.69) is 29.0 Å². The zero-order valence-corrected chi connectivity index (χ0v) is 16.0. The first-order chi connectivity index (χ1) is 12.6. The van der Waals surface area contributed by atoms with E-state index in [-0.39, 0.29) is 11.9 Å². The monoisotopic (exact) mass is 372 g/mol. The quantitative estimate of drug-likeness (QED) is 0.541. The number of benzene rings is 1. The molecule has 7 heteroatoms. The number of aromatic nitrogens is 3. The summed E-state index contributed by atoms with van der Waals surface area (Å²) in [6, 6.07) is 7.93. The van der Waals surface area contributed by atoms with E-state index in [0.717, 1.165) is 11.3 Å². The van der Waals surface area contributed by atoms with Crippen molar-refractivity contribution in [3.05, 3.63) is 36.9 Å². The van der Waals surface area contributed by atoms with E-state index in [4.69, 9.17) is 4.74 Å². The van der Waals surface area contributed by atoms with Crippen LogP contribution < -0.4 is 10.1 Å². The number of hydrogen-bond donors (Lipinski definition) is 1. The maximum atomic E-state index is 12.2. The number of nitrogens with one attached hydrogen (secondary N) is 1. The van der Waals surface area contributed by atoms with Crippen LogP contribution in [0.25, 0.3) is 11.4 Å². The average molecular weight is 372 g/mol. The van der Waals surface area contributed by atoms with Gasteiger partial charge in [0, 0.05) is 12.6 Å². The van der Waals surface area contributed by atoms with Gasteiger partial charge in [0.15, 0.2) is 11.0 Å². The number of nitrogens with zero attached hydrogens (tertiary/aromatic N) is 3. The second-order valence-corrected chi connectivity index (χ2v) is 7.33. The van der Waals surface area contributed by atoms with Gasteiger partial charge in [-0.05, 0) is 37.8 Å². The summed E-state index contributed by atoms with van der Waals surface area (Å²) in [6.07, 6.45) is 4.22. The number of allylic oxidation sites excluding steroid dienone is 1. The molecule has 1 saturated carbocycles. The summed E-state index contributed by atoms with van der Waals surface area (Å²) in [5.74, 6) is 2.43. The van der Waals surface area contributed by atoms with E-state index in [9.17, 15) is 4.79 Å². The first kappa shape index (κ1) is 18.5. The standard InChI is InChI=1S/C19H24N4O2S/c1-4-11-23-18(15-7-5-6-8-16(15)25-3)21-22-19(23)26-12-17(24)20-13(2)14-9-10-14/h4-8,13-14H,1,9-12H2,2-3H3,(H,20,24). The van der Waals surface area contributed by atoms with Crippen LogP contribution in [0.4, 0.5) is 0 Å². The van der Waals surface area contributed by atoms with Crippen molar-refractivity contribution in [1.29, 1.82) is 0 Å². The van der Waals surface area contributed by atoms with E-state index in [1.54, 1.807) is 13.2 Å². The van der Waals surface area contributed by atoms with E-state index < -0.39 is 0 Å². The molecule has 26 heavy (non-hydrogen) atoms. The van der Waals surface area contributed by atoms with Crippen molar-refractivity contribution in [1.82, 2.24) is 20.1 Å². The number of carbonyl (C=O) groups is 1. The Hall–Kier alpha value is -2.28. The van der Waals surface area contributed by atoms with Gasteiger partial charge < -0.3 is 10.1 Å². The van der Waals surface area contributed by atoms with Crippen LogP contribution in [0.2, 0.25) is 0 Å². The van der Waals surface area contributed by atoms with Gasteiger partial charge in [0.2, 0.25) is 5.91 Å². The highest BCUT2D eigenvalue weighted by Crippen LogP contribution is 2.33. The predicted molar refractivity (Wildman–Crippen MR) is 103 cm³/mol. The van der Waals surface area contributed by atoms with Crippen LogP contribution in [0.1, 0.15) is 19.8 Å². The van der Waals surface area contributed by atoms with Crippen molar-refractivity contribution in [2.24, 2.45) is 5.92 Å². The molecular formula is C19H24N4O2S. The Morgan fingerprint density at radius 2 is 2.23 bits per heavy atom. The lowest BCUT2D eigenvalue weighted by molar-refractivity contribution is -0.119. The third-order valence-electron chi connectivity index (χ3n) is 4.43. The molecule has 0 saturated heterocycles. The van der Waals surface area contributed by atoms with Crippen molar-refractivity contribution in [3.63, 3.8) is 0 Å². The maximum Gasteiger partial charge on any atom is 0.230 e. The van der Waals surface area contributed by atoms with Gasteiger partial charge in [-0.1, -0.05) is 30.0 Å². The number of carbonyl (C=O) groups excluding carboxylic acids is 1. The third-order valence-corrected chi connectivity index (χ3v) is 5.39. The van der Waals surface area contributed by atoms with Gasteiger partial charge in [0.1, 0.15) is 5.75 Å². The fourth-order valence-corrected chi connectivity index (χ4v) is 3.62. The zero-order chi connectivity index (χ0) is 18.5. The number of ether oxygens (including phenoxy) is 1. The van der Waals surface area contributed by atoms with Crippen molar-refractivity contribution >= 4 is 17.7 Å². The van der Waals surface area contributed by atoms with E-state index in [0.29, 0.717) is 29.2 Å². The Morgan fingerprint density at radius 3 is 2.92 bits per heavy atom. The summed E-state index contributed by atoms with van der Waals surface area (Å²) in [5.41, 5.74) is 0.864. The molecule has 1 aliphatic carbocycles. The van der Waals surface area contributed by atoms with Gasteiger partial charge in [-0.3, -0.25) is 9.36 Å². The molecule has 1 fully saturated rings. The zero-order valence-electron chi connectivity index (χ0n) is 15.1. The molecule has 0 bridgehead atoms. The summed E-state index contributed by atoms with van der Waals surface area (Å²) < 4.78 is 7.39. The van der Waals surface area contributed by atoms with Crippen molar-refractivity contribution in [2.75, 3.05) is 12.9 Å². The normalized spacial score (nSPS) is 14.7. The fraction of sp³-hybridized carbons (Fsp3) is 0.421. The molecule has 1 amide bonds. The molecule has 6 nitrogen and oxygen atoms in total. The molecule has 1 aromatic heterocycles. The Morgan fingerprint density at radius 1 is 1.46 bits per heavy atom. The summed E-state index contributed by atoms with van der Waals surface area (Å²) in [5, 5.41) is 12.4. The SMILES string of the molecule is C=CCn1c(SCC(=O)NC(C)C2CC2)nnc1-c1ccccc1OC. The molecule has 1 heterocycles. The van der Waals surface area contributed by atoms with Crippen LogP contribution in [0.5, 0.6) is 5.75 Å². The Balaban J connectivity index is 1.74. The van der Waals surface area contributed by atoms with Crippen molar-refractivity contribution in [3.8, 4) is 17.1 Å². The second-order valence-electron chi connectivity index (χ2n) is 6.39. The molecule has 0 spiro atoms. The first-order valence-electron chi connectivity index (χ1n) is 8.73. The average Bonchev–Trinajstić information content (AvgIpc) is 3.43. The number of hydrogen-bond acceptors (Lipinski definition) is 5. The maximum absolute atomic E-state index is 12.2. The number of amides is 1. The lowest BCUT2D eigenvalue weighted by Crippen LogP contribution is -2.35. The molecule has 3 rings (SSSR count). The van der Waals surface area contributed by atoms with Crippen molar-refractivity contribution < 1.29 is 9.53 Å². The predicted octanol–water partition coefficient (Wildman–Crippen LogP) is 3.15. The number of para-hydroxylation sites is 1. The van der Waals surface area contributed by atoms with Gasteiger partial charge in [-0.15, -0.1) is 16.8 Å². The van der Waals surface area contributed by atoms with E-state index in [1.165, 1.54) is 24.6 Å². The first-order valence-corrected chi connectivity index (χ1v) is 9.72. The van der Waals surface area contributed by atoms with Gasteiger partial charge in [0.25, 0.3) is 0 Å². The molecule has 1 unspecified atom stereocenters. The molecule has 138 valence electrons. The van der Waals surface area contributed by atoms with E-state index in [1.807, 2.05) is 28.8 Å². The summed E-state index contributed by atoms with van der Waals surface area (Å²) in [7, 11) is 1.63. The number of methoxy groups -OCH3 is 1. The summed E-state index contributed by atoms with van der Waals surface area (Å²) in [4.78, 5) is 12.2. The minimum atomic E-state index is 0.0291.